The summed E-state index contributed by atoms with van der Waals surface area (Å²) < 4.78 is 1.68. The van der Waals surface area contributed by atoms with Crippen molar-refractivity contribution in [2.45, 2.75) is 32.4 Å². The first-order valence-corrected chi connectivity index (χ1v) is 8.03. The van der Waals surface area contributed by atoms with Crippen molar-refractivity contribution in [1.82, 2.24) is 19.9 Å². The second-order valence-corrected chi connectivity index (χ2v) is 6.22. The molecule has 2 aromatic rings. The smallest absolute Gasteiger partial charge is 0.276 e. The Bertz CT molecular complexity index is 656. The van der Waals surface area contributed by atoms with E-state index in [1.54, 1.807) is 15.8 Å². The van der Waals surface area contributed by atoms with Crippen LogP contribution in [0, 0.1) is 5.92 Å². The number of carbonyl (C=O) groups excluding carboxylic acids is 1. The lowest BCUT2D eigenvalue weighted by molar-refractivity contribution is 0.0483. The van der Waals surface area contributed by atoms with Crippen molar-refractivity contribution in [2.24, 2.45) is 5.92 Å². The summed E-state index contributed by atoms with van der Waals surface area (Å²) in [6.45, 7) is 3.34. The van der Waals surface area contributed by atoms with E-state index in [4.69, 9.17) is 0 Å². The molecule has 1 aromatic heterocycles. The van der Waals surface area contributed by atoms with E-state index in [0.29, 0.717) is 18.8 Å². The first-order valence-electron chi connectivity index (χ1n) is 8.03. The van der Waals surface area contributed by atoms with E-state index in [1.165, 1.54) is 0 Å². The molecule has 1 aromatic carbocycles. The molecule has 2 heterocycles. The van der Waals surface area contributed by atoms with Crippen LogP contribution in [-0.2, 0) is 6.54 Å². The van der Waals surface area contributed by atoms with E-state index in [9.17, 15) is 9.90 Å². The molecule has 0 bridgehead atoms. The molecule has 122 valence electrons. The van der Waals surface area contributed by atoms with Gasteiger partial charge in [0.1, 0.15) is 0 Å². The number of hydrogen-bond donors (Lipinski definition) is 1. The number of amides is 1. The minimum absolute atomic E-state index is 0.102. The topological polar surface area (TPSA) is 71.2 Å². The third-order valence-electron chi connectivity index (χ3n) is 4.44. The largest absolute Gasteiger partial charge is 0.396 e. The number of aliphatic hydroxyl groups is 1. The lowest BCUT2D eigenvalue weighted by Crippen LogP contribution is -2.46. The molecule has 1 aliphatic heterocycles. The number of aromatic nitrogens is 3. The summed E-state index contributed by atoms with van der Waals surface area (Å²) in [5.41, 5.74) is 1.48. The number of piperidine rings is 1. The molecule has 2 atom stereocenters. The van der Waals surface area contributed by atoms with Gasteiger partial charge < -0.3 is 10.0 Å². The van der Waals surface area contributed by atoms with Crippen LogP contribution in [0.1, 0.15) is 35.8 Å². The third kappa shape index (κ3) is 3.59. The Hall–Kier alpha value is -2.21. The van der Waals surface area contributed by atoms with E-state index in [1.807, 2.05) is 37.3 Å². The van der Waals surface area contributed by atoms with Gasteiger partial charge in [0, 0.05) is 19.2 Å². The van der Waals surface area contributed by atoms with Gasteiger partial charge in [-0.15, -0.1) is 5.10 Å². The normalized spacial score (nSPS) is 21.4. The molecule has 1 amide bonds. The minimum Gasteiger partial charge on any atom is -0.396 e. The number of likely N-dealkylation sites (tertiary alicyclic amines) is 1. The molecule has 0 aliphatic carbocycles. The molecule has 1 aliphatic rings. The summed E-state index contributed by atoms with van der Waals surface area (Å²) in [6, 6.07) is 10.1. The maximum atomic E-state index is 12.7. The quantitative estimate of drug-likeness (QED) is 0.929. The van der Waals surface area contributed by atoms with Crippen LogP contribution in [0.2, 0.25) is 0 Å². The van der Waals surface area contributed by atoms with Gasteiger partial charge in [0.05, 0.1) is 12.7 Å². The summed E-state index contributed by atoms with van der Waals surface area (Å²) in [4.78, 5) is 14.5. The molecule has 0 spiro atoms. The van der Waals surface area contributed by atoms with Crippen molar-refractivity contribution in [2.75, 3.05) is 13.2 Å². The van der Waals surface area contributed by atoms with Crippen LogP contribution in [0.5, 0.6) is 0 Å². The molecule has 1 N–H and O–H groups in total. The first kappa shape index (κ1) is 15.7. The Balaban J connectivity index is 1.70. The number of hydrogen-bond acceptors (Lipinski definition) is 4. The first-order chi connectivity index (χ1) is 11.2. The van der Waals surface area contributed by atoms with Crippen LogP contribution < -0.4 is 0 Å². The van der Waals surface area contributed by atoms with E-state index < -0.39 is 0 Å². The highest BCUT2D eigenvalue weighted by molar-refractivity contribution is 5.92. The molecule has 0 saturated carbocycles. The number of aliphatic hydroxyl groups excluding tert-OH is 1. The zero-order chi connectivity index (χ0) is 16.2. The van der Waals surface area contributed by atoms with Crippen LogP contribution in [0.3, 0.4) is 0 Å². The van der Waals surface area contributed by atoms with Gasteiger partial charge in [-0.2, -0.15) is 0 Å². The highest BCUT2D eigenvalue weighted by atomic mass is 16.3. The number of carbonyl (C=O) groups is 1. The lowest BCUT2D eigenvalue weighted by Gasteiger charge is -2.36. The molecule has 3 rings (SSSR count). The van der Waals surface area contributed by atoms with Gasteiger partial charge in [-0.1, -0.05) is 35.5 Å². The summed E-state index contributed by atoms with van der Waals surface area (Å²) in [5, 5.41) is 17.4. The highest BCUT2D eigenvalue weighted by Gasteiger charge is 2.30. The Morgan fingerprint density at radius 1 is 1.30 bits per heavy atom. The van der Waals surface area contributed by atoms with E-state index in [0.717, 1.165) is 18.4 Å². The second kappa shape index (κ2) is 6.91. The molecule has 23 heavy (non-hydrogen) atoms. The monoisotopic (exact) mass is 314 g/mol. The number of nitrogens with zero attached hydrogens (tertiary/aromatic N) is 4. The molecule has 1 saturated heterocycles. The SMILES string of the molecule is CC1CCC(CO)CN1C(=O)c1cn(Cc2ccccc2)nn1. The minimum atomic E-state index is -0.102. The second-order valence-electron chi connectivity index (χ2n) is 6.22. The zero-order valence-electron chi connectivity index (χ0n) is 13.3. The molecular weight excluding hydrogens is 292 g/mol. The van der Waals surface area contributed by atoms with Crippen LogP contribution in [0.4, 0.5) is 0 Å². The van der Waals surface area contributed by atoms with Crippen molar-refractivity contribution in [3.63, 3.8) is 0 Å². The van der Waals surface area contributed by atoms with Gasteiger partial charge in [0.25, 0.3) is 5.91 Å². The molecule has 0 radical (unpaired) electrons. The predicted octanol–water partition coefficient (Wildman–Crippen LogP) is 1.56. The molecule has 2 unspecified atom stereocenters. The van der Waals surface area contributed by atoms with Crippen molar-refractivity contribution in [1.29, 1.82) is 0 Å². The van der Waals surface area contributed by atoms with Gasteiger partial charge in [-0.3, -0.25) is 4.79 Å². The number of benzene rings is 1. The maximum absolute atomic E-state index is 12.7. The maximum Gasteiger partial charge on any atom is 0.276 e. The lowest BCUT2D eigenvalue weighted by atomic mass is 9.94. The Morgan fingerprint density at radius 3 is 2.83 bits per heavy atom. The van der Waals surface area contributed by atoms with Crippen molar-refractivity contribution in [3.8, 4) is 0 Å². The van der Waals surface area contributed by atoms with Crippen LogP contribution in [0.15, 0.2) is 36.5 Å². The van der Waals surface area contributed by atoms with Crippen molar-refractivity contribution in [3.05, 3.63) is 47.8 Å². The van der Waals surface area contributed by atoms with Crippen LogP contribution in [0.25, 0.3) is 0 Å². The summed E-state index contributed by atoms with van der Waals surface area (Å²) in [7, 11) is 0. The van der Waals surface area contributed by atoms with Gasteiger partial charge >= 0.3 is 0 Å². The number of rotatable bonds is 4. The predicted molar refractivity (Wildman–Crippen MR) is 85.9 cm³/mol. The summed E-state index contributed by atoms with van der Waals surface area (Å²) in [6.07, 6.45) is 3.57. The Labute approximate surface area is 135 Å². The van der Waals surface area contributed by atoms with Gasteiger partial charge in [0.15, 0.2) is 5.69 Å². The Morgan fingerprint density at radius 2 is 2.09 bits per heavy atom. The standard InChI is InChI=1S/C17H22N4O2/c1-13-7-8-15(12-22)10-21(13)17(23)16-11-20(19-18-16)9-14-5-3-2-4-6-14/h2-6,11,13,15,22H,7-10,12H2,1H3. The molecule has 6 heteroatoms. The Kier molecular flexibility index (Phi) is 4.71. The molecule has 6 nitrogen and oxygen atoms in total. The summed E-state index contributed by atoms with van der Waals surface area (Å²) >= 11 is 0. The van der Waals surface area contributed by atoms with Gasteiger partial charge in [0.2, 0.25) is 0 Å². The average Bonchev–Trinajstić information content (AvgIpc) is 3.04. The van der Waals surface area contributed by atoms with Crippen molar-refractivity contribution < 1.29 is 9.90 Å². The highest BCUT2D eigenvalue weighted by Crippen LogP contribution is 2.23. The van der Waals surface area contributed by atoms with E-state index in [2.05, 4.69) is 10.3 Å². The summed E-state index contributed by atoms with van der Waals surface area (Å²) in [5.74, 6) is 0.0597. The van der Waals surface area contributed by atoms with Gasteiger partial charge in [-0.05, 0) is 31.2 Å². The molecule has 1 fully saturated rings. The van der Waals surface area contributed by atoms with Crippen LogP contribution >= 0.6 is 0 Å². The fraction of sp³-hybridized carbons (Fsp3) is 0.471. The van der Waals surface area contributed by atoms with Crippen molar-refractivity contribution >= 4 is 5.91 Å². The average molecular weight is 314 g/mol. The van der Waals surface area contributed by atoms with Crippen LogP contribution in [-0.4, -0.2) is 50.1 Å². The fourth-order valence-electron chi connectivity index (χ4n) is 3.01. The van der Waals surface area contributed by atoms with Gasteiger partial charge in [-0.25, -0.2) is 4.68 Å². The molecular formula is C17H22N4O2. The van der Waals surface area contributed by atoms with E-state index >= 15 is 0 Å². The third-order valence-corrected chi connectivity index (χ3v) is 4.44. The zero-order valence-corrected chi connectivity index (χ0v) is 13.3. The van der Waals surface area contributed by atoms with E-state index in [-0.39, 0.29) is 24.5 Å². The fourth-order valence-corrected chi connectivity index (χ4v) is 3.01.